The van der Waals surface area contributed by atoms with Gasteiger partial charge in [-0.3, -0.25) is 4.79 Å². The summed E-state index contributed by atoms with van der Waals surface area (Å²) in [4.78, 5) is 10.7. The maximum atomic E-state index is 13.0. The predicted molar refractivity (Wildman–Crippen MR) is 64.4 cm³/mol. The highest BCUT2D eigenvalue weighted by Gasteiger charge is 2.35. The molecule has 0 heterocycles. The molecule has 0 aliphatic heterocycles. The first-order chi connectivity index (χ1) is 8.48. The Balaban J connectivity index is 2.02. The molecule has 0 spiro atoms. The van der Waals surface area contributed by atoms with Crippen LogP contribution >= 0.6 is 0 Å². The maximum Gasteiger partial charge on any atom is 0.248 e. The first-order valence-electron chi connectivity index (χ1n) is 6.10. The average molecular weight is 254 g/mol. The smallest absolute Gasteiger partial charge is 0.248 e. The summed E-state index contributed by atoms with van der Waals surface area (Å²) in [6, 6.07) is 5.22. The fourth-order valence-electron chi connectivity index (χ4n) is 2.24. The fourth-order valence-corrected chi connectivity index (χ4v) is 2.24. The van der Waals surface area contributed by atoms with E-state index in [2.05, 4.69) is 0 Å². The molecule has 0 atom stereocenters. The Hall–Kier alpha value is -1.45. The maximum absolute atomic E-state index is 13.0. The predicted octanol–water partition coefficient (Wildman–Crippen LogP) is 3.76. The molecule has 1 saturated carbocycles. The van der Waals surface area contributed by atoms with Crippen molar-refractivity contribution in [3.8, 4) is 5.75 Å². The molecule has 1 aliphatic rings. The lowest BCUT2D eigenvalue weighted by molar-refractivity contribution is -0.0582. The van der Waals surface area contributed by atoms with Crippen LogP contribution in [0.1, 0.15) is 41.6 Å². The zero-order valence-electron chi connectivity index (χ0n) is 10.3. The number of halogens is 2. The largest absolute Gasteiger partial charge is 0.490 e. The monoisotopic (exact) mass is 254 g/mol. The highest BCUT2D eigenvalue weighted by atomic mass is 19.3. The number of hydrogen-bond donors (Lipinski definition) is 0. The van der Waals surface area contributed by atoms with Gasteiger partial charge in [-0.2, -0.15) is 0 Å². The Morgan fingerprint density at radius 3 is 2.56 bits per heavy atom. The van der Waals surface area contributed by atoms with Crippen molar-refractivity contribution >= 4 is 6.29 Å². The highest BCUT2D eigenvalue weighted by Crippen LogP contribution is 2.34. The van der Waals surface area contributed by atoms with E-state index in [9.17, 15) is 13.6 Å². The van der Waals surface area contributed by atoms with Gasteiger partial charge in [-0.1, -0.05) is 0 Å². The third-order valence-corrected chi connectivity index (χ3v) is 3.18. The summed E-state index contributed by atoms with van der Waals surface area (Å²) in [5.41, 5.74) is 1.47. The zero-order valence-corrected chi connectivity index (χ0v) is 10.3. The summed E-state index contributed by atoms with van der Waals surface area (Å²) < 4.78 is 31.7. The van der Waals surface area contributed by atoms with Crippen LogP contribution in [0.3, 0.4) is 0 Å². The molecular weight excluding hydrogens is 238 g/mol. The highest BCUT2D eigenvalue weighted by molar-refractivity contribution is 5.76. The second kappa shape index (κ2) is 5.04. The van der Waals surface area contributed by atoms with E-state index in [4.69, 9.17) is 4.74 Å². The number of carbonyl (C=O) groups is 1. The van der Waals surface area contributed by atoms with Crippen molar-refractivity contribution < 1.29 is 18.3 Å². The van der Waals surface area contributed by atoms with Crippen LogP contribution in [0.5, 0.6) is 5.75 Å². The standard InChI is InChI=1S/C14H16F2O2/c1-10-6-11(9-17)8-13(7-10)18-12-2-4-14(15,16)5-3-12/h6-9,12H,2-5H2,1H3. The van der Waals surface area contributed by atoms with Gasteiger partial charge in [0.25, 0.3) is 0 Å². The molecule has 1 fully saturated rings. The minimum Gasteiger partial charge on any atom is -0.490 e. The van der Waals surface area contributed by atoms with Crippen LogP contribution < -0.4 is 4.74 Å². The molecule has 2 rings (SSSR count). The van der Waals surface area contributed by atoms with Crippen LogP contribution in [0.15, 0.2) is 18.2 Å². The molecule has 0 saturated heterocycles. The summed E-state index contributed by atoms with van der Waals surface area (Å²) in [5, 5.41) is 0. The van der Waals surface area contributed by atoms with Crippen LogP contribution in [0.25, 0.3) is 0 Å². The SMILES string of the molecule is Cc1cc(C=O)cc(OC2CCC(F)(F)CC2)c1. The number of benzene rings is 1. The molecule has 0 bridgehead atoms. The Labute approximate surface area is 105 Å². The fraction of sp³-hybridized carbons (Fsp3) is 0.500. The van der Waals surface area contributed by atoms with Gasteiger partial charge in [0.2, 0.25) is 5.92 Å². The Morgan fingerprint density at radius 2 is 1.94 bits per heavy atom. The van der Waals surface area contributed by atoms with E-state index in [1.807, 2.05) is 13.0 Å². The lowest BCUT2D eigenvalue weighted by Gasteiger charge is -2.28. The van der Waals surface area contributed by atoms with Gasteiger partial charge < -0.3 is 4.74 Å². The van der Waals surface area contributed by atoms with Crippen LogP contribution in [0.2, 0.25) is 0 Å². The summed E-state index contributed by atoms with van der Waals surface area (Å²) in [5.74, 6) is -1.95. The Morgan fingerprint density at radius 1 is 1.28 bits per heavy atom. The molecule has 0 unspecified atom stereocenters. The third-order valence-electron chi connectivity index (χ3n) is 3.18. The number of ether oxygens (including phenoxy) is 1. The van der Waals surface area contributed by atoms with E-state index < -0.39 is 5.92 Å². The van der Waals surface area contributed by atoms with E-state index in [0.29, 0.717) is 24.2 Å². The molecule has 0 amide bonds. The molecule has 18 heavy (non-hydrogen) atoms. The molecular formula is C14H16F2O2. The van der Waals surface area contributed by atoms with Crippen LogP contribution in [-0.4, -0.2) is 18.3 Å². The minimum absolute atomic E-state index is 0.121. The van der Waals surface area contributed by atoms with E-state index in [-0.39, 0.29) is 18.9 Å². The number of rotatable bonds is 3. The summed E-state index contributed by atoms with van der Waals surface area (Å²) >= 11 is 0. The van der Waals surface area contributed by atoms with Gasteiger partial charge in [0, 0.05) is 18.4 Å². The normalized spacial score (nSPS) is 19.5. The van der Waals surface area contributed by atoms with Gasteiger partial charge in [0.05, 0.1) is 6.10 Å². The van der Waals surface area contributed by atoms with Gasteiger partial charge in [-0.25, -0.2) is 8.78 Å². The van der Waals surface area contributed by atoms with E-state index in [1.54, 1.807) is 12.1 Å². The van der Waals surface area contributed by atoms with Crippen LogP contribution in [0, 0.1) is 6.92 Å². The molecule has 0 N–H and O–H groups in total. The third kappa shape index (κ3) is 3.28. The van der Waals surface area contributed by atoms with Crippen molar-refractivity contribution in [2.24, 2.45) is 0 Å². The van der Waals surface area contributed by atoms with Crippen LogP contribution in [-0.2, 0) is 0 Å². The molecule has 1 aliphatic carbocycles. The van der Waals surface area contributed by atoms with Crippen molar-refractivity contribution in [1.82, 2.24) is 0 Å². The lowest BCUT2D eigenvalue weighted by atomic mass is 9.94. The van der Waals surface area contributed by atoms with E-state index in [1.165, 1.54) is 0 Å². The number of carbonyl (C=O) groups excluding carboxylic acids is 1. The second-order valence-corrected chi connectivity index (χ2v) is 4.87. The molecule has 98 valence electrons. The first-order valence-corrected chi connectivity index (χ1v) is 6.10. The molecule has 1 aromatic carbocycles. The summed E-state index contributed by atoms with van der Waals surface area (Å²) in [7, 11) is 0. The van der Waals surface area contributed by atoms with E-state index >= 15 is 0 Å². The average Bonchev–Trinajstić information content (AvgIpc) is 2.31. The zero-order chi connectivity index (χ0) is 13.2. The Kier molecular flexibility index (Phi) is 3.64. The first kappa shape index (κ1) is 13.0. The Bertz CT molecular complexity index is 433. The van der Waals surface area contributed by atoms with Crippen LogP contribution in [0.4, 0.5) is 8.78 Å². The van der Waals surface area contributed by atoms with Gasteiger partial charge in [-0.15, -0.1) is 0 Å². The van der Waals surface area contributed by atoms with Gasteiger partial charge in [0.15, 0.2) is 0 Å². The quantitative estimate of drug-likeness (QED) is 0.767. The van der Waals surface area contributed by atoms with Gasteiger partial charge in [0.1, 0.15) is 12.0 Å². The van der Waals surface area contributed by atoms with Crippen molar-refractivity contribution in [3.63, 3.8) is 0 Å². The number of aryl methyl sites for hydroxylation is 1. The number of hydrogen-bond acceptors (Lipinski definition) is 2. The molecule has 0 radical (unpaired) electrons. The van der Waals surface area contributed by atoms with Gasteiger partial charge >= 0.3 is 0 Å². The molecule has 1 aromatic rings. The van der Waals surface area contributed by atoms with E-state index in [0.717, 1.165) is 11.8 Å². The molecule has 2 nitrogen and oxygen atoms in total. The van der Waals surface area contributed by atoms with Crippen molar-refractivity contribution in [2.45, 2.75) is 44.6 Å². The minimum atomic E-state index is -2.54. The number of aldehydes is 1. The van der Waals surface area contributed by atoms with Crippen molar-refractivity contribution in [2.75, 3.05) is 0 Å². The number of alkyl halides is 2. The summed E-state index contributed by atoms with van der Waals surface area (Å²) in [6.07, 6.45) is 1.06. The topological polar surface area (TPSA) is 26.3 Å². The molecule has 0 aromatic heterocycles. The van der Waals surface area contributed by atoms with Crippen molar-refractivity contribution in [3.05, 3.63) is 29.3 Å². The summed E-state index contributed by atoms with van der Waals surface area (Å²) in [6.45, 7) is 1.87. The lowest BCUT2D eigenvalue weighted by Crippen LogP contribution is -2.30. The van der Waals surface area contributed by atoms with Gasteiger partial charge in [-0.05, 0) is 43.5 Å². The van der Waals surface area contributed by atoms with Crippen molar-refractivity contribution in [1.29, 1.82) is 0 Å². The molecule has 4 heteroatoms. The second-order valence-electron chi connectivity index (χ2n) is 4.87.